The lowest BCUT2D eigenvalue weighted by molar-refractivity contribution is 0.142. The summed E-state index contributed by atoms with van der Waals surface area (Å²) in [6.07, 6.45) is -2.05. The summed E-state index contributed by atoms with van der Waals surface area (Å²) in [4.78, 5) is 4.18. The molecule has 0 bridgehead atoms. The molecule has 0 atom stereocenters. The van der Waals surface area contributed by atoms with E-state index in [9.17, 15) is 13.2 Å². The smallest absolute Gasteiger partial charge is 0.269 e. The maximum Gasteiger partial charge on any atom is 0.269 e. The van der Waals surface area contributed by atoms with Gasteiger partial charge in [-0.1, -0.05) is 17.7 Å². The molecule has 0 radical (unpaired) electrons. The third-order valence-corrected chi connectivity index (χ3v) is 3.90. The SMILES string of the molecule is Fc1cc(Cl)ccc1COc1nc2c(cc1C(F)F)CCNC2. The minimum Gasteiger partial charge on any atom is -0.472 e. The Morgan fingerprint density at radius 1 is 1.30 bits per heavy atom. The van der Waals surface area contributed by atoms with Crippen LogP contribution in [0.1, 0.15) is 28.8 Å². The predicted molar refractivity (Wildman–Crippen MR) is 80.3 cm³/mol. The van der Waals surface area contributed by atoms with Crippen LogP contribution in [0.5, 0.6) is 5.88 Å². The van der Waals surface area contributed by atoms with Crippen LogP contribution < -0.4 is 10.1 Å². The number of nitrogens with one attached hydrogen (secondary N) is 1. The van der Waals surface area contributed by atoms with Crippen molar-refractivity contribution in [1.29, 1.82) is 0 Å². The van der Waals surface area contributed by atoms with Gasteiger partial charge in [0.25, 0.3) is 6.43 Å². The highest BCUT2D eigenvalue weighted by atomic mass is 35.5. The number of fused-ring (bicyclic) bond motifs is 1. The molecule has 1 N–H and O–H groups in total. The lowest BCUT2D eigenvalue weighted by atomic mass is 10.0. The van der Waals surface area contributed by atoms with Crippen LogP contribution >= 0.6 is 11.6 Å². The Bertz CT molecular complexity index is 725. The van der Waals surface area contributed by atoms with E-state index in [1.807, 2.05) is 0 Å². The van der Waals surface area contributed by atoms with Crippen LogP contribution in [0.3, 0.4) is 0 Å². The summed E-state index contributed by atoms with van der Waals surface area (Å²) in [5.74, 6) is -0.701. The number of hydrogen-bond donors (Lipinski definition) is 1. The monoisotopic (exact) mass is 342 g/mol. The predicted octanol–water partition coefficient (Wildman–Crippen LogP) is 4.04. The van der Waals surface area contributed by atoms with Crippen LogP contribution in [-0.2, 0) is 19.6 Å². The molecule has 0 saturated heterocycles. The zero-order valence-electron chi connectivity index (χ0n) is 12.1. The van der Waals surface area contributed by atoms with Crippen molar-refractivity contribution >= 4 is 11.6 Å². The average molecular weight is 343 g/mol. The molecule has 0 aliphatic carbocycles. The van der Waals surface area contributed by atoms with Gasteiger partial charge in [0.15, 0.2) is 0 Å². The molecular weight excluding hydrogens is 329 g/mol. The molecule has 3 nitrogen and oxygen atoms in total. The highest BCUT2D eigenvalue weighted by Gasteiger charge is 2.21. The first-order valence-corrected chi connectivity index (χ1v) is 7.50. The van der Waals surface area contributed by atoms with Crippen molar-refractivity contribution in [2.24, 2.45) is 0 Å². The van der Waals surface area contributed by atoms with Gasteiger partial charge >= 0.3 is 0 Å². The normalized spacial score (nSPS) is 14.0. The van der Waals surface area contributed by atoms with E-state index >= 15 is 0 Å². The Labute approximate surface area is 136 Å². The summed E-state index contributed by atoms with van der Waals surface area (Å²) in [5, 5.41) is 3.39. The molecule has 0 fully saturated rings. The van der Waals surface area contributed by atoms with Gasteiger partial charge in [0.05, 0.1) is 11.3 Å². The van der Waals surface area contributed by atoms with Crippen molar-refractivity contribution in [3.05, 3.63) is 57.5 Å². The molecular formula is C16H14ClF3N2O. The second-order valence-electron chi connectivity index (χ2n) is 5.24. The summed E-state index contributed by atoms with van der Waals surface area (Å²) in [7, 11) is 0. The van der Waals surface area contributed by atoms with E-state index < -0.39 is 12.2 Å². The molecule has 7 heteroatoms. The van der Waals surface area contributed by atoms with Crippen LogP contribution in [0.4, 0.5) is 13.2 Å². The van der Waals surface area contributed by atoms with E-state index in [1.54, 1.807) is 0 Å². The molecule has 3 rings (SSSR count). The lowest BCUT2D eigenvalue weighted by Crippen LogP contribution is -2.25. The second kappa shape index (κ2) is 6.76. The fourth-order valence-electron chi connectivity index (χ4n) is 2.45. The van der Waals surface area contributed by atoms with Gasteiger partial charge < -0.3 is 10.1 Å². The molecule has 0 unspecified atom stereocenters. The molecule has 1 aliphatic heterocycles. The largest absolute Gasteiger partial charge is 0.472 e. The van der Waals surface area contributed by atoms with Gasteiger partial charge in [-0.3, -0.25) is 0 Å². The topological polar surface area (TPSA) is 34.1 Å². The number of hydrogen-bond acceptors (Lipinski definition) is 3. The first-order valence-electron chi connectivity index (χ1n) is 7.13. The van der Waals surface area contributed by atoms with Crippen molar-refractivity contribution in [3.8, 4) is 5.88 Å². The summed E-state index contributed by atoms with van der Waals surface area (Å²) in [6.45, 7) is 1.04. The molecule has 0 saturated carbocycles. The summed E-state index contributed by atoms with van der Waals surface area (Å²) < 4.78 is 45.6. The highest BCUT2D eigenvalue weighted by molar-refractivity contribution is 6.30. The van der Waals surface area contributed by atoms with Crippen LogP contribution in [0, 0.1) is 5.82 Å². The molecule has 122 valence electrons. The van der Waals surface area contributed by atoms with Gasteiger partial charge in [-0.15, -0.1) is 0 Å². The Hall–Kier alpha value is -1.79. The van der Waals surface area contributed by atoms with Crippen molar-refractivity contribution in [3.63, 3.8) is 0 Å². The number of rotatable bonds is 4. The Morgan fingerprint density at radius 3 is 2.87 bits per heavy atom. The van der Waals surface area contributed by atoms with E-state index in [2.05, 4.69) is 10.3 Å². The number of nitrogens with zero attached hydrogens (tertiary/aromatic N) is 1. The van der Waals surface area contributed by atoms with E-state index in [-0.39, 0.29) is 28.6 Å². The first kappa shape index (κ1) is 16.1. The maximum atomic E-state index is 13.7. The fraction of sp³-hybridized carbons (Fsp3) is 0.312. The molecule has 1 aromatic heterocycles. The van der Waals surface area contributed by atoms with Crippen LogP contribution in [0.25, 0.3) is 0 Å². The van der Waals surface area contributed by atoms with Crippen molar-refractivity contribution in [1.82, 2.24) is 10.3 Å². The average Bonchev–Trinajstić information content (AvgIpc) is 2.53. The molecule has 2 heterocycles. The highest BCUT2D eigenvalue weighted by Crippen LogP contribution is 2.31. The van der Waals surface area contributed by atoms with Crippen LogP contribution in [0.15, 0.2) is 24.3 Å². The third-order valence-electron chi connectivity index (χ3n) is 3.66. The van der Waals surface area contributed by atoms with E-state index in [0.717, 1.165) is 18.2 Å². The van der Waals surface area contributed by atoms with Gasteiger partial charge in [-0.25, -0.2) is 18.2 Å². The number of pyridine rings is 1. The van der Waals surface area contributed by atoms with E-state index in [1.165, 1.54) is 18.2 Å². The zero-order chi connectivity index (χ0) is 16.4. The molecule has 2 aromatic rings. The third kappa shape index (κ3) is 3.59. The Morgan fingerprint density at radius 2 is 2.13 bits per heavy atom. The second-order valence-corrected chi connectivity index (χ2v) is 5.68. The number of benzene rings is 1. The molecule has 0 amide bonds. The van der Waals surface area contributed by atoms with Crippen LogP contribution in [-0.4, -0.2) is 11.5 Å². The first-order chi connectivity index (χ1) is 11.0. The standard InChI is InChI=1S/C16H14ClF3N2O/c17-11-2-1-10(13(18)6-11)8-23-16-12(15(19)20)5-9-3-4-21-7-14(9)22-16/h1-2,5-6,15,21H,3-4,7-8H2. The Kier molecular flexibility index (Phi) is 4.73. The number of ether oxygens (including phenoxy) is 1. The van der Waals surface area contributed by atoms with Gasteiger partial charge in [-0.2, -0.15) is 0 Å². The van der Waals surface area contributed by atoms with Crippen molar-refractivity contribution in [2.45, 2.75) is 26.0 Å². The summed E-state index contributed by atoms with van der Waals surface area (Å²) >= 11 is 5.68. The minimum atomic E-state index is -2.70. The summed E-state index contributed by atoms with van der Waals surface area (Å²) in [6, 6.07) is 5.56. The van der Waals surface area contributed by atoms with Gasteiger partial charge in [0.1, 0.15) is 12.4 Å². The minimum absolute atomic E-state index is 0.156. The van der Waals surface area contributed by atoms with Crippen molar-refractivity contribution in [2.75, 3.05) is 6.54 Å². The molecule has 23 heavy (non-hydrogen) atoms. The van der Waals surface area contributed by atoms with E-state index in [4.69, 9.17) is 16.3 Å². The number of aromatic nitrogens is 1. The zero-order valence-corrected chi connectivity index (χ0v) is 12.8. The quantitative estimate of drug-likeness (QED) is 0.910. The van der Waals surface area contributed by atoms with Crippen LogP contribution in [0.2, 0.25) is 5.02 Å². The number of alkyl halides is 2. The molecule has 1 aromatic carbocycles. The fourth-order valence-corrected chi connectivity index (χ4v) is 2.61. The van der Waals surface area contributed by atoms with Gasteiger partial charge in [-0.05, 0) is 36.7 Å². The number of halogens is 4. The van der Waals surface area contributed by atoms with Crippen molar-refractivity contribution < 1.29 is 17.9 Å². The maximum absolute atomic E-state index is 13.7. The summed E-state index contributed by atoms with van der Waals surface area (Å²) in [5.41, 5.74) is 1.45. The van der Waals surface area contributed by atoms with Gasteiger partial charge in [0.2, 0.25) is 5.88 Å². The van der Waals surface area contributed by atoms with Gasteiger partial charge in [0, 0.05) is 17.1 Å². The Balaban J connectivity index is 1.86. The molecule has 1 aliphatic rings. The lowest BCUT2D eigenvalue weighted by Gasteiger charge is -2.19. The molecule has 0 spiro atoms. The van der Waals surface area contributed by atoms with E-state index in [0.29, 0.717) is 18.7 Å².